The molecular weight excluding hydrogens is 350 g/mol. The van der Waals surface area contributed by atoms with Crippen molar-refractivity contribution in [3.63, 3.8) is 0 Å². The van der Waals surface area contributed by atoms with Gasteiger partial charge in [0.15, 0.2) is 5.78 Å². The van der Waals surface area contributed by atoms with Crippen LogP contribution in [0.4, 0.5) is 0 Å². The number of hydrogen-bond donors (Lipinski definition) is 0. The van der Waals surface area contributed by atoms with Crippen LogP contribution in [-0.2, 0) is 6.42 Å². The minimum Gasteiger partial charge on any atom is -0.497 e. The van der Waals surface area contributed by atoms with Crippen molar-refractivity contribution in [2.45, 2.75) is 32.1 Å². The molecule has 2 atom stereocenters. The molecule has 0 heterocycles. The lowest BCUT2D eigenvalue weighted by Crippen LogP contribution is -2.27. The molecular formula is C24H31NO3. The van der Waals surface area contributed by atoms with E-state index >= 15 is 0 Å². The fraction of sp³-hybridized carbons (Fsp3) is 0.458. The average Bonchev–Trinajstić information content (AvgIpc) is 2.71. The molecule has 2 aromatic rings. The molecule has 3 rings (SSSR count). The van der Waals surface area contributed by atoms with Gasteiger partial charge in [0.05, 0.1) is 13.7 Å². The summed E-state index contributed by atoms with van der Waals surface area (Å²) in [5.74, 6) is 2.17. The number of ether oxygens (including phenoxy) is 2. The van der Waals surface area contributed by atoms with Gasteiger partial charge in [0.25, 0.3) is 0 Å². The predicted octanol–water partition coefficient (Wildman–Crippen LogP) is 4.57. The minimum atomic E-state index is 0.0211. The number of rotatable bonds is 8. The second kappa shape index (κ2) is 9.24. The number of methoxy groups -OCH3 is 1. The quantitative estimate of drug-likeness (QED) is 0.628. The summed E-state index contributed by atoms with van der Waals surface area (Å²) in [5.41, 5.74) is 3.15. The van der Waals surface area contributed by atoms with Crippen LogP contribution in [0.5, 0.6) is 11.5 Å². The van der Waals surface area contributed by atoms with Crippen LogP contribution in [0.1, 0.15) is 47.2 Å². The zero-order valence-electron chi connectivity index (χ0n) is 17.4. The van der Waals surface area contributed by atoms with Crippen molar-refractivity contribution in [3.8, 4) is 11.5 Å². The Labute approximate surface area is 168 Å². The van der Waals surface area contributed by atoms with Crippen LogP contribution in [0.15, 0.2) is 42.5 Å². The molecule has 1 aliphatic carbocycles. The number of fused-ring (bicyclic) bond motifs is 1. The first-order chi connectivity index (χ1) is 13.5. The number of hydrogen-bond acceptors (Lipinski definition) is 4. The summed E-state index contributed by atoms with van der Waals surface area (Å²) in [6, 6.07) is 14.0. The third kappa shape index (κ3) is 4.74. The maximum absolute atomic E-state index is 13.1. The van der Waals surface area contributed by atoms with Gasteiger partial charge in [0.1, 0.15) is 11.5 Å². The molecule has 0 bridgehead atoms. The summed E-state index contributed by atoms with van der Waals surface area (Å²) in [5, 5.41) is 0. The topological polar surface area (TPSA) is 38.8 Å². The molecule has 0 fully saturated rings. The molecule has 150 valence electrons. The summed E-state index contributed by atoms with van der Waals surface area (Å²) in [4.78, 5) is 15.2. The maximum atomic E-state index is 13.1. The fourth-order valence-corrected chi connectivity index (χ4v) is 3.93. The minimum absolute atomic E-state index is 0.0211. The Morgan fingerprint density at radius 2 is 1.82 bits per heavy atom. The van der Waals surface area contributed by atoms with E-state index in [2.05, 4.69) is 38.1 Å². The van der Waals surface area contributed by atoms with Crippen LogP contribution in [0.3, 0.4) is 0 Å². The molecule has 28 heavy (non-hydrogen) atoms. The van der Waals surface area contributed by atoms with Crippen molar-refractivity contribution >= 4 is 5.78 Å². The van der Waals surface area contributed by atoms with Gasteiger partial charge in [-0.15, -0.1) is 0 Å². The van der Waals surface area contributed by atoms with Crippen molar-refractivity contribution in [3.05, 3.63) is 59.2 Å². The highest BCUT2D eigenvalue weighted by atomic mass is 16.5. The smallest absolute Gasteiger partial charge is 0.166 e. The van der Waals surface area contributed by atoms with E-state index < -0.39 is 0 Å². The standard InChI is InChI=1S/C24H31NO3/c1-17(18-6-9-20(10-7-18)28-15-5-14-25(2)3)22-12-8-19-16-21(27-4)11-13-23(19)24(22)26/h6-7,9-11,13,16-17,22H,5,8,12,14-15H2,1-4H3. The van der Waals surface area contributed by atoms with Crippen LogP contribution in [0.25, 0.3) is 0 Å². The summed E-state index contributed by atoms with van der Waals surface area (Å²) >= 11 is 0. The molecule has 4 heteroatoms. The molecule has 4 nitrogen and oxygen atoms in total. The molecule has 0 spiro atoms. The van der Waals surface area contributed by atoms with Gasteiger partial charge in [-0.05, 0) is 80.7 Å². The van der Waals surface area contributed by atoms with Crippen LogP contribution in [-0.4, -0.2) is 45.0 Å². The molecule has 0 N–H and O–H groups in total. The number of carbonyl (C=O) groups is 1. The zero-order chi connectivity index (χ0) is 20.1. The number of nitrogens with zero attached hydrogens (tertiary/aromatic N) is 1. The predicted molar refractivity (Wildman–Crippen MR) is 113 cm³/mol. The first-order valence-corrected chi connectivity index (χ1v) is 10.1. The molecule has 2 aromatic carbocycles. The number of carbonyl (C=O) groups excluding carboxylic acids is 1. The Morgan fingerprint density at radius 1 is 1.11 bits per heavy atom. The van der Waals surface area contributed by atoms with Gasteiger partial charge >= 0.3 is 0 Å². The summed E-state index contributed by atoms with van der Waals surface area (Å²) < 4.78 is 11.1. The van der Waals surface area contributed by atoms with Gasteiger partial charge in [-0.3, -0.25) is 4.79 Å². The molecule has 0 radical (unpaired) electrons. The van der Waals surface area contributed by atoms with E-state index in [0.29, 0.717) is 6.61 Å². The zero-order valence-corrected chi connectivity index (χ0v) is 17.4. The van der Waals surface area contributed by atoms with Crippen molar-refractivity contribution in [1.29, 1.82) is 0 Å². The lowest BCUT2D eigenvalue weighted by molar-refractivity contribution is 0.0884. The van der Waals surface area contributed by atoms with Crippen molar-refractivity contribution in [2.24, 2.45) is 5.92 Å². The lowest BCUT2D eigenvalue weighted by atomic mass is 9.74. The number of aryl methyl sites for hydroxylation is 1. The van der Waals surface area contributed by atoms with E-state index in [-0.39, 0.29) is 17.6 Å². The molecule has 0 amide bonds. The van der Waals surface area contributed by atoms with Crippen LogP contribution in [0.2, 0.25) is 0 Å². The van der Waals surface area contributed by atoms with E-state index in [1.54, 1.807) is 7.11 Å². The van der Waals surface area contributed by atoms with Crippen molar-refractivity contribution in [2.75, 3.05) is 34.4 Å². The molecule has 0 aliphatic heterocycles. The van der Waals surface area contributed by atoms with Crippen molar-refractivity contribution < 1.29 is 14.3 Å². The highest BCUT2D eigenvalue weighted by Crippen LogP contribution is 2.37. The Kier molecular flexibility index (Phi) is 6.74. The Hall–Kier alpha value is -2.33. The lowest BCUT2D eigenvalue weighted by Gasteiger charge is -2.28. The summed E-state index contributed by atoms with van der Waals surface area (Å²) in [7, 11) is 5.79. The van der Waals surface area contributed by atoms with Gasteiger partial charge in [0.2, 0.25) is 0 Å². The Morgan fingerprint density at radius 3 is 2.50 bits per heavy atom. The number of benzene rings is 2. The Bertz CT molecular complexity index is 798. The van der Waals surface area contributed by atoms with Gasteiger partial charge in [-0.25, -0.2) is 0 Å². The second-order valence-corrected chi connectivity index (χ2v) is 7.90. The Balaban J connectivity index is 1.63. The largest absolute Gasteiger partial charge is 0.497 e. The molecule has 2 unspecified atom stereocenters. The van der Waals surface area contributed by atoms with E-state index in [9.17, 15) is 4.79 Å². The van der Waals surface area contributed by atoms with E-state index in [4.69, 9.17) is 9.47 Å². The number of Topliss-reactive ketones (excluding diaryl/α,β-unsaturated/α-hetero) is 1. The van der Waals surface area contributed by atoms with Crippen LogP contribution in [0, 0.1) is 5.92 Å². The molecule has 1 aliphatic rings. The van der Waals surface area contributed by atoms with Gasteiger partial charge in [0, 0.05) is 18.0 Å². The first kappa shape index (κ1) is 20.4. The molecule has 0 saturated heterocycles. The number of ketones is 1. The summed E-state index contributed by atoms with van der Waals surface area (Å²) in [6.45, 7) is 3.89. The SMILES string of the molecule is COc1ccc2c(c1)CCC(C(C)c1ccc(OCCCN(C)C)cc1)C2=O. The maximum Gasteiger partial charge on any atom is 0.166 e. The normalized spacial score (nSPS) is 17.3. The highest BCUT2D eigenvalue weighted by Gasteiger charge is 2.32. The third-order valence-electron chi connectivity index (χ3n) is 5.67. The van der Waals surface area contributed by atoms with Crippen molar-refractivity contribution in [1.82, 2.24) is 4.90 Å². The van der Waals surface area contributed by atoms with E-state index in [1.807, 2.05) is 30.3 Å². The van der Waals surface area contributed by atoms with Gasteiger partial charge in [-0.2, -0.15) is 0 Å². The highest BCUT2D eigenvalue weighted by molar-refractivity contribution is 6.00. The van der Waals surface area contributed by atoms with E-state index in [1.165, 1.54) is 5.56 Å². The van der Waals surface area contributed by atoms with E-state index in [0.717, 1.165) is 48.4 Å². The fourth-order valence-electron chi connectivity index (χ4n) is 3.93. The van der Waals surface area contributed by atoms with Gasteiger partial charge in [-0.1, -0.05) is 19.1 Å². The second-order valence-electron chi connectivity index (χ2n) is 7.90. The molecule has 0 aromatic heterocycles. The average molecular weight is 382 g/mol. The third-order valence-corrected chi connectivity index (χ3v) is 5.67. The van der Waals surface area contributed by atoms with Crippen LogP contribution < -0.4 is 9.47 Å². The summed E-state index contributed by atoms with van der Waals surface area (Å²) in [6.07, 6.45) is 2.80. The monoisotopic (exact) mass is 381 g/mol. The van der Waals surface area contributed by atoms with Gasteiger partial charge < -0.3 is 14.4 Å². The van der Waals surface area contributed by atoms with Crippen LogP contribution >= 0.6 is 0 Å². The molecule has 0 saturated carbocycles. The first-order valence-electron chi connectivity index (χ1n) is 10.1.